The third-order valence-corrected chi connectivity index (χ3v) is 3.59. The van der Waals surface area contributed by atoms with E-state index in [4.69, 9.17) is 5.11 Å². The van der Waals surface area contributed by atoms with E-state index in [-0.39, 0.29) is 12.3 Å². The zero-order chi connectivity index (χ0) is 14.7. The molecule has 0 atom stereocenters. The van der Waals surface area contributed by atoms with Crippen LogP contribution in [0, 0.1) is 11.8 Å². The summed E-state index contributed by atoms with van der Waals surface area (Å²) < 4.78 is 3.57. The Morgan fingerprint density at radius 3 is 2.62 bits per heavy atom. The maximum Gasteiger partial charge on any atom is 0.328 e. The first-order chi connectivity index (χ1) is 10.3. The van der Waals surface area contributed by atoms with Gasteiger partial charge in [-0.2, -0.15) is 0 Å². The minimum absolute atomic E-state index is 0.0734. The van der Waals surface area contributed by atoms with Gasteiger partial charge in [-0.15, -0.1) is 0 Å². The standard InChI is InChI=1S/C17H18N2O2/c20-12-2-1-3-14-4-6-15(7-5-14)13-18-10-11-19(17(18)21)16-8-9-16/h4-7,10-11,16,20H,2,8-9,12-13H2. The normalized spacial score (nSPS) is 13.8. The molecule has 0 bridgehead atoms. The van der Waals surface area contributed by atoms with Gasteiger partial charge >= 0.3 is 5.69 Å². The predicted molar refractivity (Wildman–Crippen MR) is 81.1 cm³/mol. The molecule has 1 heterocycles. The molecule has 1 aliphatic rings. The largest absolute Gasteiger partial charge is 0.395 e. The molecule has 0 amide bonds. The first kappa shape index (κ1) is 13.7. The van der Waals surface area contributed by atoms with Crippen LogP contribution in [0.3, 0.4) is 0 Å². The molecule has 4 nitrogen and oxygen atoms in total. The van der Waals surface area contributed by atoms with Crippen molar-refractivity contribution in [3.05, 3.63) is 58.3 Å². The fraction of sp³-hybridized carbons (Fsp3) is 0.353. The van der Waals surface area contributed by atoms with Gasteiger partial charge in [0.25, 0.3) is 0 Å². The Hall–Kier alpha value is -2.25. The smallest absolute Gasteiger partial charge is 0.328 e. The highest BCUT2D eigenvalue weighted by atomic mass is 16.2. The third-order valence-electron chi connectivity index (χ3n) is 3.59. The Morgan fingerprint density at radius 1 is 1.19 bits per heavy atom. The summed E-state index contributed by atoms with van der Waals surface area (Å²) in [6.07, 6.45) is 6.46. The van der Waals surface area contributed by atoms with E-state index in [1.807, 2.05) is 41.2 Å². The van der Waals surface area contributed by atoms with Crippen LogP contribution in [0.25, 0.3) is 0 Å². The molecular formula is C17H18N2O2. The van der Waals surface area contributed by atoms with Crippen molar-refractivity contribution >= 4 is 0 Å². The Labute approximate surface area is 123 Å². The molecule has 4 heteroatoms. The number of aliphatic hydroxyl groups is 1. The van der Waals surface area contributed by atoms with Crippen LogP contribution in [0.4, 0.5) is 0 Å². The van der Waals surface area contributed by atoms with E-state index in [1.54, 1.807) is 4.57 Å². The fourth-order valence-corrected chi connectivity index (χ4v) is 2.29. The number of hydrogen-bond donors (Lipinski definition) is 1. The van der Waals surface area contributed by atoms with Crippen LogP contribution < -0.4 is 5.69 Å². The zero-order valence-electron chi connectivity index (χ0n) is 11.8. The summed E-state index contributed by atoms with van der Waals surface area (Å²) in [7, 11) is 0. The van der Waals surface area contributed by atoms with Crippen molar-refractivity contribution in [2.45, 2.75) is 31.8 Å². The van der Waals surface area contributed by atoms with Crippen molar-refractivity contribution in [3.63, 3.8) is 0 Å². The van der Waals surface area contributed by atoms with E-state index in [0.717, 1.165) is 24.0 Å². The summed E-state index contributed by atoms with van der Waals surface area (Å²) in [6.45, 7) is 0.675. The summed E-state index contributed by atoms with van der Waals surface area (Å²) in [6, 6.07) is 8.29. The molecule has 3 rings (SSSR count). The Bertz CT molecular complexity index is 725. The van der Waals surface area contributed by atoms with Gasteiger partial charge in [-0.1, -0.05) is 24.0 Å². The minimum atomic E-state index is 0.0734. The first-order valence-corrected chi connectivity index (χ1v) is 7.24. The highest BCUT2D eigenvalue weighted by molar-refractivity contribution is 5.36. The average molecular weight is 282 g/mol. The van der Waals surface area contributed by atoms with Crippen LogP contribution in [0.2, 0.25) is 0 Å². The lowest BCUT2D eigenvalue weighted by atomic mass is 10.1. The van der Waals surface area contributed by atoms with Crippen LogP contribution in [0.1, 0.15) is 36.4 Å². The average Bonchev–Trinajstić information content (AvgIpc) is 3.27. The van der Waals surface area contributed by atoms with Gasteiger partial charge in [0.05, 0.1) is 13.2 Å². The highest BCUT2D eigenvalue weighted by Gasteiger charge is 2.25. The van der Waals surface area contributed by atoms with Crippen LogP contribution in [-0.4, -0.2) is 20.8 Å². The van der Waals surface area contributed by atoms with Crippen molar-refractivity contribution < 1.29 is 5.11 Å². The summed E-state index contributed by atoms with van der Waals surface area (Å²) >= 11 is 0. The molecule has 21 heavy (non-hydrogen) atoms. The monoisotopic (exact) mass is 282 g/mol. The van der Waals surface area contributed by atoms with Crippen molar-refractivity contribution in [1.29, 1.82) is 0 Å². The van der Waals surface area contributed by atoms with E-state index in [2.05, 4.69) is 11.8 Å². The number of hydrogen-bond acceptors (Lipinski definition) is 2. The molecule has 0 saturated heterocycles. The zero-order valence-corrected chi connectivity index (χ0v) is 11.8. The lowest BCUT2D eigenvalue weighted by molar-refractivity contribution is 0.305. The SMILES string of the molecule is O=c1n(Cc2ccc(C#CCCO)cc2)ccn1C1CC1. The third kappa shape index (κ3) is 3.26. The van der Waals surface area contributed by atoms with Gasteiger partial charge < -0.3 is 5.11 Å². The topological polar surface area (TPSA) is 47.2 Å². The second kappa shape index (κ2) is 6.02. The van der Waals surface area contributed by atoms with Crippen molar-refractivity contribution in [2.24, 2.45) is 0 Å². The molecule has 108 valence electrons. The molecule has 0 spiro atoms. The van der Waals surface area contributed by atoms with Gasteiger partial charge in [0.15, 0.2) is 0 Å². The van der Waals surface area contributed by atoms with Crippen molar-refractivity contribution in [2.75, 3.05) is 6.61 Å². The van der Waals surface area contributed by atoms with Gasteiger partial charge in [0.1, 0.15) is 0 Å². The lowest BCUT2D eigenvalue weighted by Crippen LogP contribution is -2.23. The van der Waals surface area contributed by atoms with E-state index in [1.165, 1.54) is 0 Å². The van der Waals surface area contributed by atoms with Crippen molar-refractivity contribution in [1.82, 2.24) is 9.13 Å². The van der Waals surface area contributed by atoms with Gasteiger partial charge in [-0.25, -0.2) is 4.79 Å². The van der Waals surface area contributed by atoms with Crippen molar-refractivity contribution in [3.8, 4) is 11.8 Å². The van der Waals surface area contributed by atoms with Crippen LogP contribution in [0.15, 0.2) is 41.5 Å². The fourth-order valence-electron chi connectivity index (χ4n) is 2.29. The number of nitrogens with zero attached hydrogens (tertiary/aromatic N) is 2. The van der Waals surface area contributed by atoms with Gasteiger partial charge in [-0.3, -0.25) is 9.13 Å². The molecule has 0 unspecified atom stereocenters. The second-order valence-corrected chi connectivity index (χ2v) is 5.32. The maximum absolute atomic E-state index is 12.2. The van der Waals surface area contributed by atoms with E-state index in [9.17, 15) is 4.79 Å². The second-order valence-electron chi connectivity index (χ2n) is 5.32. The Morgan fingerprint density at radius 2 is 1.95 bits per heavy atom. The van der Waals surface area contributed by atoms with Gasteiger partial charge in [0.2, 0.25) is 0 Å². The Kier molecular flexibility index (Phi) is 3.94. The number of benzene rings is 1. The molecule has 1 aromatic heterocycles. The van der Waals surface area contributed by atoms with E-state index >= 15 is 0 Å². The number of imidazole rings is 1. The first-order valence-electron chi connectivity index (χ1n) is 7.24. The molecule has 0 radical (unpaired) electrons. The summed E-state index contributed by atoms with van der Waals surface area (Å²) in [5.74, 6) is 5.89. The molecule has 2 aromatic rings. The molecule has 1 saturated carbocycles. The van der Waals surface area contributed by atoms with Crippen LogP contribution >= 0.6 is 0 Å². The molecule has 1 aromatic carbocycles. The van der Waals surface area contributed by atoms with E-state index in [0.29, 0.717) is 19.0 Å². The molecular weight excluding hydrogens is 264 g/mol. The Balaban J connectivity index is 1.71. The number of aliphatic hydroxyl groups excluding tert-OH is 1. The van der Waals surface area contributed by atoms with Gasteiger partial charge in [0, 0.05) is 30.4 Å². The van der Waals surface area contributed by atoms with E-state index < -0.39 is 0 Å². The molecule has 1 N–H and O–H groups in total. The highest BCUT2D eigenvalue weighted by Crippen LogP contribution is 2.33. The number of aromatic nitrogens is 2. The summed E-state index contributed by atoms with van der Waals surface area (Å²) in [4.78, 5) is 12.2. The lowest BCUT2D eigenvalue weighted by Gasteiger charge is -2.02. The molecule has 1 fully saturated rings. The summed E-state index contributed by atoms with van der Waals surface area (Å²) in [5.41, 5.74) is 2.08. The van der Waals surface area contributed by atoms with Gasteiger partial charge in [-0.05, 0) is 30.5 Å². The molecule has 0 aliphatic heterocycles. The maximum atomic E-state index is 12.2. The quantitative estimate of drug-likeness (QED) is 0.869. The predicted octanol–water partition coefficient (Wildman–Crippen LogP) is 1.77. The number of rotatable bonds is 4. The van der Waals surface area contributed by atoms with Crippen LogP contribution in [0.5, 0.6) is 0 Å². The minimum Gasteiger partial charge on any atom is -0.395 e. The summed E-state index contributed by atoms with van der Waals surface area (Å²) in [5, 5.41) is 8.69. The van der Waals surface area contributed by atoms with Crippen LogP contribution in [-0.2, 0) is 6.54 Å². The molecule has 1 aliphatic carbocycles.